The van der Waals surface area contributed by atoms with Crippen LogP contribution >= 0.6 is 0 Å². The van der Waals surface area contributed by atoms with Gasteiger partial charge in [-0.15, -0.1) is 0 Å². The molecule has 1 rings (SSSR count). The van der Waals surface area contributed by atoms with E-state index in [4.69, 9.17) is 9.47 Å². The molecule has 0 aliphatic heterocycles. The van der Waals surface area contributed by atoms with Gasteiger partial charge in [0, 0.05) is 39.9 Å². The second-order valence-electron chi connectivity index (χ2n) is 4.30. The highest BCUT2D eigenvalue weighted by Crippen LogP contribution is 2.18. The van der Waals surface area contributed by atoms with E-state index >= 15 is 0 Å². The summed E-state index contributed by atoms with van der Waals surface area (Å²) in [5.74, 6) is -0.814. The largest absolute Gasteiger partial charge is 0.383 e. The van der Waals surface area contributed by atoms with E-state index < -0.39 is 16.4 Å². The van der Waals surface area contributed by atoms with Crippen molar-refractivity contribution in [2.45, 2.75) is 6.54 Å². The van der Waals surface area contributed by atoms with Crippen LogP contribution in [0.25, 0.3) is 0 Å². The molecule has 0 saturated carbocycles. The zero-order chi connectivity index (χ0) is 15.0. The van der Waals surface area contributed by atoms with Crippen molar-refractivity contribution in [1.29, 1.82) is 0 Å². The number of nitrogens with zero attached hydrogens (tertiary/aromatic N) is 2. The Kier molecular flexibility index (Phi) is 7.06. The number of nitro groups is 1. The lowest BCUT2D eigenvalue weighted by molar-refractivity contribution is -0.387. The monoisotopic (exact) mass is 286 g/mol. The Morgan fingerprint density at radius 1 is 1.25 bits per heavy atom. The standard InChI is InChI=1S/C13H19FN2O4/c1-19-7-5-15(6-8-20-2)10-11-3-4-13(16(17)18)12(14)9-11/h3-4,9H,5-8,10H2,1-2H3. The van der Waals surface area contributed by atoms with Crippen LogP contribution in [0.1, 0.15) is 5.56 Å². The van der Waals surface area contributed by atoms with Gasteiger partial charge in [-0.25, -0.2) is 0 Å². The average Bonchev–Trinajstić information content (AvgIpc) is 2.41. The zero-order valence-corrected chi connectivity index (χ0v) is 11.7. The highest BCUT2D eigenvalue weighted by molar-refractivity contribution is 5.34. The van der Waals surface area contributed by atoms with Gasteiger partial charge in [-0.1, -0.05) is 6.07 Å². The van der Waals surface area contributed by atoms with Gasteiger partial charge < -0.3 is 9.47 Å². The van der Waals surface area contributed by atoms with Gasteiger partial charge in [0.15, 0.2) is 0 Å². The van der Waals surface area contributed by atoms with Crippen molar-refractivity contribution < 1.29 is 18.8 Å². The first-order chi connectivity index (χ1) is 9.58. The van der Waals surface area contributed by atoms with Gasteiger partial charge in [0.25, 0.3) is 0 Å². The normalized spacial score (nSPS) is 11.0. The molecule has 1 aromatic carbocycles. The van der Waals surface area contributed by atoms with Crippen molar-refractivity contribution in [3.8, 4) is 0 Å². The lowest BCUT2D eigenvalue weighted by Crippen LogP contribution is -2.30. The fraction of sp³-hybridized carbons (Fsp3) is 0.538. The molecule has 0 heterocycles. The molecule has 20 heavy (non-hydrogen) atoms. The third kappa shape index (κ3) is 5.20. The lowest BCUT2D eigenvalue weighted by atomic mass is 10.2. The number of hydrogen-bond acceptors (Lipinski definition) is 5. The molecule has 0 amide bonds. The van der Waals surface area contributed by atoms with Crippen molar-refractivity contribution in [1.82, 2.24) is 4.90 Å². The summed E-state index contributed by atoms with van der Waals surface area (Å²) in [6.07, 6.45) is 0. The number of ether oxygens (including phenoxy) is 2. The molecule has 0 aliphatic rings. The predicted octanol–water partition coefficient (Wildman–Crippen LogP) is 1.83. The summed E-state index contributed by atoms with van der Waals surface area (Å²) in [7, 11) is 3.22. The highest BCUT2D eigenvalue weighted by Gasteiger charge is 2.15. The molecule has 1 aromatic rings. The molecule has 0 bridgehead atoms. The van der Waals surface area contributed by atoms with Crippen LogP contribution < -0.4 is 0 Å². The third-order valence-corrected chi connectivity index (χ3v) is 2.84. The number of nitro benzene ring substituents is 1. The van der Waals surface area contributed by atoms with Crippen LogP contribution in [0, 0.1) is 15.9 Å². The van der Waals surface area contributed by atoms with Gasteiger partial charge >= 0.3 is 5.69 Å². The fourth-order valence-corrected chi connectivity index (χ4v) is 1.77. The molecule has 0 aromatic heterocycles. The summed E-state index contributed by atoms with van der Waals surface area (Å²) in [5.41, 5.74) is 0.175. The summed E-state index contributed by atoms with van der Waals surface area (Å²) in [5, 5.41) is 10.6. The molecule has 0 spiro atoms. The molecule has 7 heteroatoms. The fourth-order valence-electron chi connectivity index (χ4n) is 1.77. The maximum atomic E-state index is 13.5. The van der Waals surface area contributed by atoms with Gasteiger partial charge in [0.1, 0.15) is 0 Å². The molecule has 112 valence electrons. The van der Waals surface area contributed by atoms with E-state index in [1.165, 1.54) is 12.1 Å². The predicted molar refractivity (Wildman–Crippen MR) is 72.1 cm³/mol. The molecular weight excluding hydrogens is 267 g/mol. The van der Waals surface area contributed by atoms with Crippen molar-refractivity contribution in [2.24, 2.45) is 0 Å². The zero-order valence-electron chi connectivity index (χ0n) is 11.7. The van der Waals surface area contributed by atoms with Crippen molar-refractivity contribution in [3.63, 3.8) is 0 Å². The Bertz CT molecular complexity index is 434. The molecule has 0 saturated heterocycles. The minimum Gasteiger partial charge on any atom is -0.383 e. The molecule has 0 unspecified atom stereocenters. The lowest BCUT2D eigenvalue weighted by Gasteiger charge is -2.21. The first-order valence-electron chi connectivity index (χ1n) is 6.21. The number of rotatable bonds is 9. The van der Waals surface area contributed by atoms with Crippen molar-refractivity contribution in [2.75, 3.05) is 40.5 Å². The number of halogens is 1. The van der Waals surface area contributed by atoms with E-state index in [2.05, 4.69) is 0 Å². The van der Waals surface area contributed by atoms with Gasteiger partial charge in [-0.05, 0) is 11.6 Å². The SMILES string of the molecule is COCCN(CCOC)Cc1ccc([N+](=O)[O-])c(F)c1. The molecular formula is C13H19FN2O4. The second kappa shape index (κ2) is 8.57. The molecule has 0 fully saturated rings. The minimum atomic E-state index is -0.814. The maximum absolute atomic E-state index is 13.5. The van der Waals surface area contributed by atoms with Crippen molar-refractivity contribution in [3.05, 3.63) is 39.7 Å². The molecule has 0 radical (unpaired) electrons. The van der Waals surface area contributed by atoms with Crippen LogP contribution in [0.3, 0.4) is 0 Å². The van der Waals surface area contributed by atoms with Crippen LogP contribution in [0.15, 0.2) is 18.2 Å². The van der Waals surface area contributed by atoms with Crippen molar-refractivity contribution >= 4 is 5.69 Å². The van der Waals surface area contributed by atoms with E-state index in [0.29, 0.717) is 38.4 Å². The van der Waals surface area contributed by atoms with E-state index in [1.807, 2.05) is 4.90 Å². The van der Waals surface area contributed by atoms with Crippen LogP contribution in [0.5, 0.6) is 0 Å². The first kappa shape index (κ1) is 16.5. The molecule has 0 N–H and O–H groups in total. The van der Waals surface area contributed by atoms with E-state index in [0.717, 1.165) is 0 Å². The van der Waals surface area contributed by atoms with Crippen LogP contribution in [0.4, 0.5) is 10.1 Å². The third-order valence-electron chi connectivity index (χ3n) is 2.84. The minimum absolute atomic E-state index is 0.488. The van der Waals surface area contributed by atoms with Gasteiger partial charge in [-0.2, -0.15) is 4.39 Å². The van der Waals surface area contributed by atoms with E-state index in [-0.39, 0.29) is 0 Å². The summed E-state index contributed by atoms with van der Waals surface area (Å²) in [6.45, 7) is 2.96. The van der Waals surface area contributed by atoms with Crippen LogP contribution in [0.2, 0.25) is 0 Å². The summed E-state index contributed by atoms with van der Waals surface area (Å²) in [4.78, 5) is 11.9. The molecule has 0 aliphatic carbocycles. The highest BCUT2D eigenvalue weighted by atomic mass is 19.1. The Balaban J connectivity index is 2.71. The van der Waals surface area contributed by atoms with Crippen LogP contribution in [-0.2, 0) is 16.0 Å². The van der Waals surface area contributed by atoms with Gasteiger partial charge in [0.2, 0.25) is 5.82 Å². The quantitative estimate of drug-likeness (QED) is 0.512. The molecule has 0 atom stereocenters. The Morgan fingerprint density at radius 3 is 2.30 bits per heavy atom. The Morgan fingerprint density at radius 2 is 1.85 bits per heavy atom. The summed E-state index contributed by atoms with van der Waals surface area (Å²) < 4.78 is 23.6. The van der Waals surface area contributed by atoms with Gasteiger partial charge in [0.05, 0.1) is 18.1 Å². The number of methoxy groups -OCH3 is 2. The van der Waals surface area contributed by atoms with Crippen LogP contribution in [-0.4, -0.2) is 50.3 Å². The molecule has 6 nitrogen and oxygen atoms in total. The summed E-state index contributed by atoms with van der Waals surface area (Å²) in [6, 6.07) is 3.95. The first-order valence-corrected chi connectivity index (χ1v) is 6.21. The maximum Gasteiger partial charge on any atom is 0.304 e. The summed E-state index contributed by atoms with van der Waals surface area (Å²) >= 11 is 0. The smallest absolute Gasteiger partial charge is 0.304 e. The van der Waals surface area contributed by atoms with E-state index in [1.54, 1.807) is 20.3 Å². The Labute approximate surface area is 117 Å². The number of benzene rings is 1. The van der Waals surface area contributed by atoms with Gasteiger partial charge in [-0.3, -0.25) is 15.0 Å². The van der Waals surface area contributed by atoms with E-state index in [9.17, 15) is 14.5 Å². The second-order valence-corrected chi connectivity index (χ2v) is 4.30. The number of hydrogen-bond donors (Lipinski definition) is 0. The Hall–Kier alpha value is -1.57. The topological polar surface area (TPSA) is 64.8 Å². The average molecular weight is 286 g/mol.